The summed E-state index contributed by atoms with van der Waals surface area (Å²) < 4.78 is 18.4. The second-order valence-electron chi connectivity index (χ2n) is 8.48. The van der Waals surface area contributed by atoms with E-state index in [0.717, 1.165) is 0 Å². The summed E-state index contributed by atoms with van der Waals surface area (Å²) in [6, 6.07) is 11.4. The van der Waals surface area contributed by atoms with Crippen molar-refractivity contribution >= 4 is 17.7 Å². The number of nitrogens with zero attached hydrogens (tertiary/aromatic N) is 1. The van der Waals surface area contributed by atoms with Crippen molar-refractivity contribution < 1.29 is 23.5 Å². The molecule has 3 rings (SSSR count). The Balaban J connectivity index is 1.69. The number of amides is 3. The van der Waals surface area contributed by atoms with Crippen molar-refractivity contribution in [3.8, 4) is 5.75 Å². The van der Waals surface area contributed by atoms with E-state index >= 15 is 0 Å². The van der Waals surface area contributed by atoms with E-state index in [-0.39, 0.29) is 29.3 Å². The lowest BCUT2D eigenvalue weighted by Crippen LogP contribution is -2.54. The summed E-state index contributed by atoms with van der Waals surface area (Å²) in [5, 5.41) is 5.70. The van der Waals surface area contributed by atoms with Crippen molar-refractivity contribution in [1.29, 1.82) is 0 Å². The smallest absolute Gasteiger partial charge is 0.253 e. The first-order valence-electron chi connectivity index (χ1n) is 11.1. The van der Waals surface area contributed by atoms with Crippen LogP contribution in [0.4, 0.5) is 4.39 Å². The van der Waals surface area contributed by atoms with Crippen LogP contribution in [0.25, 0.3) is 0 Å². The van der Waals surface area contributed by atoms with E-state index in [9.17, 15) is 18.8 Å². The van der Waals surface area contributed by atoms with Crippen LogP contribution >= 0.6 is 0 Å². The van der Waals surface area contributed by atoms with Gasteiger partial charge >= 0.3 is 0 Å². The van der Waals surface area contributed by atoms with Gasteiger partial charge in [-0.25, -0.2) is 4.39 Å². The van der Waals surface area contributed by atoms with Gasteiger partial charge in [0.05, 0.1) is 7.11 Å². The molecule has 1 saturated heterocycles. The van der Waals surface area contributed by atoms with Gasteiger partial charge in [0.2, 0.25) is 5.91 Å². The Morgan fingerprint density at radius 3 is 2.27 bits per heavy atom. The summed E-state index contributed by atoms with van der Waals surface area (Å²) in [6.45, 7) is 4.65. The molecule has 0 saturated carbocycles. The van der Waals surface area contributed by atoms with E-state index < -0.39 is 17.8 Å². The Morgan fingerprint density at radius 1 is 1.00 bits per heavy atom. The molecule has 1 heterocycles. The fraction of sp³-hybridized carbons (Fsp3) is 0.400. The highest BCUT2D eigenvalue weighted by Gasteiger charge is 2.34. The molecule has 2 aromatic rings. The molecule has 8 heteroatoms. The summed E-state index contributed by atoms with van der Waals surface area (Å²) >= 11 is 0. The third-order valence-electron chi connectivity index (χ3n) is 5.72. The molecular formula is C25H30FN3O4. The number of halogens is 1. The third kappa shape index (κ3) is 6.31. The number of hydrogen-bond acceptors (Lipinski definition) is 4. The zero-order chi connectivity index (χ0) is 24.0. The number of methoxy groups -OCH3 is 1. The Bertz CT molecular complexity index is 985. The maximum absolute atomic E-state index is 13.2. The normalized spacial score (nSPS) is 15.1. The molecule has 3 amide bonds. The number of hydrogen-bond donors (Lipinski definition) is 2. The summed E-state index contributed by atoms with van der Waals surface area (Å²) in [5.41, 5.74) is 0.830. The Hall–Kier alpha value is -3.42. The molecule has 176 valence electrons. The van der Waals surface area contributed by atoms with Gasteiger partial charge in [-0.05, 0) is 75.1 Å². The molecule has 0 spiro atoms. The summed E-state index contributed by atoms with van der Waals surface area (Å²) in [5.74, 6) is -0.751. The predicted molar refractivity (Wildman–Crippen MR) is 123 cm³/mol. The van der Waals surface area contributed by atoms with E-state index in [4.69, 9.17) is 4.74 Å². The van der Waals surface area contributed by atoms with E-state index in [1.807, 2.05) is 13.8 Å². The van der Waals surface area contributed by atoms with Crippen LogP contribution in [-0.4, -0.2) is 54.9 Å². The number of piperidine rings is 1. The highest BCUT2D eigenvalue weighted by atomic mass is 19.1. The molecule has 7 nitrogen and oxygen atoms in total. The number of carbonyl (C=O) groups is 3. The Labute approximate surface area is 193 Å². The first kappa shape index (κ1) is 24.2. The van der Waals surface area contributed by atoms with Crippen LogP contribution in [0.5, 0.6) is 5.75 Å². The van der Waals surface area contributed by atoms with Crippen LogP contribution in [0.1, 0.15) is 47.4 Å². The lowest BCUT2D eigenvalue weighted by Gasteiger charge is -2.36. The zero-order valence-corrected chi connectivity index (χ0v) is 19.1. The van der Waals surface area contributed by atoms with Gasteiger partial charge in [0.15, 0.2) is 0 Å². The number of benzene rings is 2. The molecule has 2 N–H and O–H groups in total. The number of ether oxygens (including phenoxy) is 1. The third-order valence-corrected chi connectivity index (χ3v) is 5.72. The molecule has 0 bridgehead atoms. The van der Waals surface area contributed by atoms with Gasteiger partial charge in [-0.3, -0.25) is 14.4 Å². The summed E-state index contributed by atoms with van der Waals surface area (Å²) in [6.07, 6.45) is 1.13. The quantitative estimate of drug-likeness (QED) is 0.672. The summed E-state index contributed by atoms with van der Waals surface area (Å²) in [4.78, 5) is 40.3. The first-order chi connectivity index (χ1) is 15.8. The van der Waals surface area contributed by atoms with Crippen molar-refractivity contribution in [3.63, 3.8) is 0 Å². The van der Waals surface area contributed by atoms with Gasteiger partial charge in [0.1, 0.15) is 17.6 Å². The minimum Gasteiger partial charge on any atom is -0.497 e. The lowest BCUT2D eigenvalue weighted by atomic mass is 9.88. The molecule has 0 radical (unpaired) electrons. The Kier molecular flexibility index (Phi) is 8.03. The van der Waals surface area contributed by atoms with Gasteiger partial charge in [-0.2, -0.15) is 0 Å². The lowest BCUT2D eigenvalue weighted by molar-refractivity contribution is -0.125. The average molecular weight is 456 g/mol. The van der Waals surface area contributed by atoms with Crippen LogP contribution in [0, 0.1) is 11.7 Å². The van der Waals surface area contributed by atoms with Crippen LogP contribution < -0.4 is 15.4 Å². The second kappa shape index (κ2) is 10.9. The average Bonchev–Trinajstić information content (AvgIpc) is 2.82. The topological polar surface area (TPSA) is 87.7 Å². The molecule has 0 aromatic heterocycles. The van der Waals surface area contributed by atoms with Crippen molar-refractivity contribution in [1.82, 2.24) is 15.5 Å². The molecule has 1 aliphatic heterocycles. The van der Waals surface area contributed by atoms with E-state index in [0.29, 0.717) is 37.2 Å². The second-order valence-corrected chi connectivity index (χ2v) is 8.48. The molecule has 1 atom stereocenters. The van der Waals surface area contributed by atoms with Crippen LogP contribution in [0.15, 0.2) is 48.5 Å². The minimum absolute atomic E-state index is 0.0857. The van der Waals surface area contributed by atoms with Gasteiger partial charge in [0.25, 0.3) is 11.8 Å². The number of nitrogens with one attached hydrogen (secondary N) is 2. The molecule has 0 aliphatic carbocycles. The number of carbonyl (C=O) groups excluding carboxylic acids is 3. The highest BCUT2D eigenvalue weighted by Crippen LogP contribution is 2.24. The maximum atomic E-state index is 13.2. The predicted octanol–water partition coefficient (Wildman–Crippen LogP) is 3.01. The molecule has 1 aliphatic rings. The summed E-state index contributed by atoms with van der Waals surface area (Å²) in [7, 11) is 1.55. The van der Waals surface area contributed by atoms with Crippen molar-refractivity contribution in [2.75, 3.05) is 20.2 Å². The van der Waals surface area contributed by atoms with Gasteiger partial charge in [-0.15, -0.1) is 0 Å². The van der Waals surface area contributed by atoms with Crippen LogP contribution in [-0.2, 0) is 4.79 Å². The minimum atomic E-state index is -0.751. The monoisotopic (exact) mass is 455 g/mol. The molecule has 33 heavy (non-hydrogen) atoms. The molecular weight excluding hydrogens is 425 g/mol. The standard InChI is InChI=1S/C25H30FN3O4/c1-16(2)27-24(31)22(28-23(30)18-7-9-20(26)10-8-18)17-11-13-29(14-12-17)25(32)19-5-4-6-21(15-19)33-3/h4-10,15-17,22H,11-14H2,1-3H3,(H,27,31)(H,28,30)/t22-/m0/s1. The zero-order valence-electron chi connectivity index (χ0n) is 19.1. The number of rotatable bonds is 7. The fourth-order valence-electron chi connectivity index (χ4n) is 3.97. The number of likely N-dealkylation sites (tertiary alicyclic amines) is 1. The Morgan fingerprint density at radius 2 is 1.67 bits per heavy atom. The first-order valence-corrected chi connectivity index (χ1v) is 11.1. The van der Waals surface area contributed by atoms with E-state index in [1.165, 1.54) is 24.3 Å². The largest absolute Gasteiger partial charge is 0.497 e. The SMILES string of the molecule is COc1cccc(C(=O)N2CCC([C@H](NC(=O)c3ccc(F)cc3)C(=O)NC(C)C)CC2)c1. The van der Waals surface area contributed by atoms with Gasteiger partial charge < -0.3 is 20.3 Å². The highest BCUT2D eigenvalue weighted by molar-refractivity contribution is 5.98. The van der Waals surface area contributed by atoms with Crippen LogP contribution in [0.3, 0.4) is 0 Å². The van der Waals surface area contributed by atoms with Crippen LogP contribution in [0.2, 0.25) is 0 Å². The van der Waals surface area contributed by atoms with Gasteiger partial charge in [0, 0.05) is 30.3 Å². The maximum Gasteiger partial charge on any atom is 0.253 e. The van der Waals surface area contributed by atoms with Crippen molar-refractivity contribution in [2.45, 2.75) is 38.8 Å². The van der Waals surface area contributed by atoms with Gasteiger partial charge in [-0.1, -0.05) is 6.07 Å². The van der Waals surface area contributed by atoms with Crippen molar-refractivity contribution in [2.24, 2.45) is 5.92 Å². The van der Waals surface area contributed by atoms with E-state index in [1.54, 1.807) is 36.3 Å². The van der Waals surface area contributed by atoms with E-state index in [2.05, 4.69) is 10.6 Å². The molecule has 0 unspecified atom stereocenters. The fourth-order valence-corrected chi connectivity index (χ4v) is 3.97. The molecule has 2 aromatic carbocycles. The van der Waals surface area contributed by atoms with Crippen molar-refractivity contribution in [3.05, 3.63) is 65.5 Å². The molecule has 1 fully saturated rings.